The quantitative estimate of drug-likeness (QED) is 0.799. The van der Waals surface area contributed by atoms with Crippen LogP contribution in [-0.2, 0) is 0 Å². The first-order chi connectivity index (χ1) is 10.6. The summed E-state index contributed by atoms with van der Waals surface area (Å²) in [5, 5.41) is 12.7. The van der Waals surface area contributed by atoms with Gasteiger partial charge in [-0.3, -0.25) is 0 Å². The monoisotopic (exact) mass is 301 g/mol. The molecule has 0 aliphatic rings. The second kappa shape index (κ2) is 8.06. The predicted octanol–water partition coefficient (Wildman–Crippen LogP) is 4.30. The van der Waals surface area contributed by atoms with Crippen molar-refractivity contribution >= 4 is 0 Å². The van der Waals surface area contributed by atoms with Gasteiger partial charge in [-0.1, -0.05) is 42.5 Å². The Morgan fingerprint density at radius 2 is 1.82 bits per heavy atom. The average molecular weight is 301 g/mol. The number of aliphatic hydroxyl groups excluding tert-OH is 1. The lowest BCUT2D eigenvalue weighted by Gasteiger charge is -2.24. The summed E-state index contributed by atoms with van der Waals surface area (Å²) in [6.07, 6.45) is 1.58. The molecule has 0 heterocycles. The summed E-state index contributed by atoms with van der Waals surface area (Å²) in [4.78, 5) is 0. The van der Waals surface area contributed by atoms with Crippen LogP contribution in [0.1, 0.15) is 48.5 Å². The van der Waals surface area contributed by atoms with E-state index in [4.69, 9.17) is 5.11 Å². The highest BCUT2D eigenvalue weighted by molar-refractivity contribution is 5.26. The van der Waals surface area contributed by atoms with E-state index in [0.29, 0.717) is 5.56 Å². The lowest BCUT2D eigenvalue weighted by Crippen LogP contribution is -2.25. The maximum absolute atomic E-state index is 13.7. The lowest BCUT2D eigenvalue weighted by molar-refractivity contribution is 0.272. The van der Waals surface area contributed by atoms with Gasteiger partial charge in [0.1, 0.15) is 5.82 Å². The SMILES string of the molecule is Cc1ccc(C(C)NC(CCCO)c2ccccc2)cc1F. The van der Waals surface area contributed by atoms with Crippen LogP contribution in [0.2, 0.25) is 0 Å². The van der Waals surface area contributed by atoms with E-state index in [1.807, 2.05) is 37.3 Å². The van der Waals surface area contributed by atoms with E-state index in [9.17, 15) is 4.39 Å². The number of halogens is 1. The molecule has 0 spiro atoms. The molecule has 2 N–H and O–H groups in total. The largest absolute Gasteiger partial charge is 0.396 e. The van der Waals surface area contributed by atoms with Gasteiger partial charge >= 0.3 is 0 Å². The highest BCUT2D eigenvalue weighted by atomic mass is 19.1. The van der Waals surface area contributed by atoms with Crippen molar-refractivity contribution in [3.05, 3.63) is 71.0 Å². The number of rotatable bonds is 7. The number of aryl methyl sites for hydroxylation is 1. The maximum Gasteiger partial charge on any atom is 0.126 e. The summed E-state index contributed by atoms with van der Waals surface area (Å²) >= 11 is 0. The standard InChI is InChI=1S/C19H24FNO/c1-14-10-11-17(13-18(14)20)15(2)21-19(9-6-12-22)16-7-4-3-5-8-16/h3-5,7-8,10-11,13,15,19,21-22H,6,9,12H2,1-2H3. The molecule has 118 valence electrons. The van der Waals surface area contributed by atoms with Crippen molar-refractivity contribution in [1.82, 2.24) is 5.32 Å². The molecule has 0 bridgehead atoms. The van der Waals surface area contributed by atoms with E-state index in [1.54, 1.807) is 13.0 Å². The third kappa shape index (κ3) is 4.39. The van der Waals surface area contributed by atoms with Crippen molar-refractivity contribution in [2.24, 2.45) is 0 Å². The minimum atomic E-state index is -0.169. The molecular weight excluding hydrogens is 277 g/mol. The first-order valence-corrected chi connectivity index (χ1v) is 7.79. The van der Waals surface area contributed by atoms with Crippen LogP contribution in [0.4, 0.5) is 4.39 Å². The second-order valence-electron chi connectivity index (χ2n) is 5.73. The molecule has 2 aromatic carbocycles. The molecule has 0 saturated heterocycles. The third-order valence-corrected chi connectivity index (χ3v) is 4.00. The van der Waals surface area contributed by atoms with Crippen LogP contribution < -0.4 is 5.32 Å². The first kappa shape index (κ1) is 16.7. The summed E-state index contributed by atoms with van der Waals surface area (Å²) in [7, 11) is 0. The number of hydrogen-bond acceptors (Lipinski definition) is 2. The van der Waals surface area contributed by atoms with E-state index >= 15 is 0 Å². The maximum atomic E-state index is 13.7. The van der Waals surface area contributed by atoms with E-state index in [1.165, 1.54) is 5.56 Å². The van der Waals surface area contributed by atoms with Gasteiger partial charge in [-0.25, -0.2) is 4.39 Å². The molecule has 0 fully saturated rings. The second-order valence-corrected chi connectivity index (χ2v) is 5.73. The summed E-state index contributed by atoms with van der Waals surface area (Å²) < 4.78 is 13.7. The number of hydrogen-bond donors (Lipinski definition) is 2. The van der Waals surface area contributed by atoms with E-state index < -0.39 is 0 Å². The Kier molecular flexibility index (Phi) is 6.10. The molecule has 2 aromatic rings. The topological polar surface area (TPSA) is 32.3 Å². The Labute approximate surface area is 132 Å². The fourth-order valence-electron chi connectivity index (χ4n) is 2.60. The van der Waals surface area contributed by atoms with E-state index in [2.05, 4.69) is 17.4 Å². The Morgan fingerprint density at radius 1 is 1.09 bits per heavy atom. The number of aliphatic hydroxyl groups is 1. The Hall–Kier alpha value is -1.71. The van der Waals surface area contributed by atoms with Crippen LogP contribution in [0.3, 0.4) is 0 Å². The third-order valence-electron chi connectivity index (χ3n) is 4.00. The summed E-state index contributed by atoms with van der Waals surface area (Å²) in [6.45, 7) is 3.99. The van der Waals surface area contributed by atoms with Crippen molar-refractivity contribution in [2.75, 3.05) is 6.61 Å². The molecule has 2 atom stereocenters. The van der Waals surface area contributed by atoms with Crippen LogP contribution >= 0.6 is 0 Å². The molecule has 0 amide bonds. The molecule has 0 radical (unpaired) electrons. The van der Waals surface area contributed by atoms with Gasteiger partial charge in [-0.15, -0.1) is 0 Å². The van der Waals surface area contributed by atoms with Crippen LogP contribution in [0, 0.1) is 12.7 Å². The van der Waals surface area contributed by atoms with Gasteiger partial charge in [-0.05, 0) is 49.4 Å². The molecule has 0 aliphatic heterocycles. The summed E-state index contributed by atoms with van der Waals surface area (Å²) in [5.41, 5.74) is 2.79. The Morgan fingerprint density at radius 3 is 2.45 bits per heavy atom. The zero-order valence-electron chi connectivity index (χ0n) is 13.2. The highest BCUT2D eigenvalue weighted by Gasteiger charge is 2.15. The van der Waals surface area contributed by atoms with Gasteiger partial charge < -0.3 is 10.4 Å². The fourth-order valence-corrected chi connectivity index (χ4v) is 2.60. The average Bonchev–Trinajstić information content (AvgIpc) is 2.54. The van der Waals surface area contributed by atoms with Crippen molar-refractivity contribution < 1.29 is 9.50 Å². The van der Waals surface area contributed by atoms with Crippen molar-refractivity contribution in [3.63, 3.8) is 0 Å². The van der Waals surface area contributed by atoms with Crippen molar-refractivity contribution in [3.8, 4) is 0 Å². The van der Waals surface area contributed by atoms with Crippen LogP contribution in [0.15, 0.2) is 48.5 Å². The minimum Gasteiger partial charge on any atom is -0.396 e. The van der Waals surface area contributed by atoms with E-state index in [-0.39, 0.29) is 24.5 Å². The molecule has 0 saturated carbocycles. The Balaban J connectivity index is 2.13. The summed E-state index contributed by atoms with van der Waals surface area (Å²) in [5.74, 6) is -0.169. The van der Waals surface area contributed by atoms with Gasteiger partial charge in [0.05, 0.1) is 0 Å². The molecule has 0 aromatic heterocycles. The van der Waals surface area contributed by atoms with Crippen LogP contribution in [0.5, 0.6) is 0 Å². The van der Waals surface area contributed by atoms with Crippen LogP contribution in [0.25, 0.3) is 0 Å². The fraction of sp³-hybridized carbons (Fsp3) is 0.368. The van der Waals surface area contributed by atoms with Crippen molar-refractivity contribution in [2.45, 2.75) is 38.8 Å². The molecule has 22 heavy (non-hydrogen) atoms. The molecule has 2 rings (SSSR count). The van der Waals surface area contributed by atoms with Crippen LogP contribution in [-0.4, -0.2) is 11.7 Å². The zero-order chi connectivity index (χ0) is 15.9. The highest BCUT2D eigenvalue weighted by Crippen LogP contribution is 2.24. The molecule has 2 unspecified atom stereocenters. The summed E-state index contributed by atoms with van der Waals surface area (Å²) in [6, 6.07) is 15.7. The van der Waals surface area contributed by atoms with Gasteiger partial charge in [0.15, 0.2) is 0 Å². The van der Waals surface area contributed by atoms with Gasteiger partial charge in [-0.2, -0.15) is 0 Å². The normalized spacial score (nSPS) is 13.8. The zero-order valence-corrected chi connectivity index (χ0v) is 13.2. The minimum absolute atomic E-state index is 0.0407. The predicted molar refractivity (Wildman–Crippen MR) is 88.2 cm³/mol. The molecule has 2 nitrogen and oxygen atoms in total. The Bertz CT molecular complexity index is 585. The molecule has 3 heteroatoms. The molecular formula is C19H24FNO. The van der Waals surface area contributed by atoms with Gasteiger partial charge in [0.25, 0.3) is 0 Å². The number of nitrogens with one attached hydrogen (secondary N) is 1. The van der Waals surface area contributed by atoms with Gasteiger partial charge in [0, 0.05) is 18.7 Å². The lowest BCUT2D eigenvalue weighted by atomic mass is 9.99. The van der Waals surface area contributed by atoms with Gasteiger partial charge in [0.2, 0.25) is 0 Å². The van der Waals surface area contributed by atoms with Crippen molar-refractivity contribution in [1.29, 1.82) is 0 Å². The molecule has 0 aliphatic carbocycles. The van der Waals surface area contributed by atoms with E-state index in [0.717, 1.165) is 18.4 Å². The number of benzene rings is 2. The first-order valence-electron chi connectivity index (χ1n) is 7.79. The smallest absolute Gasteiger partial charge is 0.126 e.